The summed E-state index contributed by atoms with van der Waals surface area (Å²) in [5, 5.41) is 11.8. The largest absolute Gasteiger partial charge is 0.486 e. The first-order chi connectivity index (χ1) is 10.9. The number of hydrogen-bond donors (Lipinski definition) is 2. The number of fused-ring (bicyclic) bond motifs is 1. The van der Waals surface area contributed by atoms with E-state index in [1.54, 1.807) is 19.1 Å². The normalized spacial score (nSPS) is 15.6. The molecule has 7 heteroatoms. The molecule has 0 spiro atoms. The van der Waals surface area contributed by atoms with Crippen molar-refractivity contribution in [3.63, 3.8) is 0 Å². The number of benzene rings is 1. The number of nitrogens with one attached hydrogen (secondary N) is 1. The fourth-order valence-corrected chi connectivity index (χ4v) is 2.78. The van der Waals surface area contributed by atoms with E-state index >= 15 is 0 Å². The Morgan fingerprint density at radius 3 is 2.48 bits per heavy atom. The maximum absolute atomic E-state index is 12.2. The minimum atomic E-state index is -1.02. The number of aliphatic carboxylic acids is 1. The molecule has 1 aromatic rings. The first kappa shape index (κ1) is 17.6. The molecule has 0 fully saturated rings. The van der Waals surface area contributed by atoms with Gasteiger partial charge in [-0.3, -0.25) is 4.79 Å². The zero-order chi connectivity index (χ0) is 17.0. The predicted octanol–water partition coefficient (Wildman–Crippen LogP) is 2.38. The number of carboxylic acid groups (broad SMARTS) is 1. The van der Waals surface area contributed by atoms with E-state index in [1.807, 2.05) is 6.92 Å². The van der Waals surface area contributed by atoms with Crippen LogP contribution in [0.1, 0.15) is 25.8 Å². The van der Waals surface area contributed by atoms with Gasteiger partial charge < -0.3 is 19.9 Å². The van der Waals surface area contributed by atoms with Gasteiger partial charge in [-0.25, -0.2) is 4.79 Å². The third kappa shape index (κ3) is 4.37. The lowest BCUT2D eigenvalue weighted by molar-refractivity contribution is -0.143. The Morgan fingerprint density at radius 2 is 1.91 bits per heavy atom. The zero-order valence-electron chi connectivity index (χ0n) is 13.1. The quantitative estimate of drug-likeness (QED) is 0.784. The highest BCUT2D eigenvalue weighted by molar-refractivity contribution is 9.10. The molecule has 6 nitrogen and oxygen atoms in total. The Bertz CT molecular complexity index is 604. The van der Waals surface area contributed by atoms with E-state index in [-0.39, 0.29) is 18.2 Å². The number of amides is 1. The van der Waals surface area contributed by atoms with E-state index in [0.29, 0.717) is 31.1 Å². The molecule has 2 N–H and O–H groups in total. The van der Waals surface area contributed by atoms with Crippen molar-refractivity contribution in [2.45, 2.75) is 32.7 Å². The number of hydrogen-bond acceptors (Lipinski definition) is 4. The summed E-state index contributed by atoms with van der Waals surface area (Å²) in [6.07, 6.45) is 0.738. The molecule has 0 bridgehead atoms. The fourth-order valence-electron chi connectivity index (χ4n) is 2.32. The van der Waals surface area contributed by atoms with Crippen LogP contribution in [0.2, 0.25) is 0 Å². The summed E-state index contributed by atoms with van der Waals surface area (Å²) in [5.74, 6) is -0.265. The van der Waals surface area contributed by atoms with E-state index in [4.69, 9.17) is 9.47 Å². The van der Waals surface area contributed by atoms with Gasteiger partial charge in [0.25, 0.3) is 0 Å². The molecule has 0 aromatic heterocycles. The van der Waals surface area contributed by atoms with Crippen molar-refractivity contribution in [2.75, 3.05) is 13.2 Å². The molecule has 1 heterocycles. The summed E-state index contributed by atoms with van der Waals surface area (Å²) >= 11 is 3.41. The topological polar surface area (TPSA) is 84.9 Å². The molecule has 2 rings (SSSR count). The van der Waals surface area contributed by atoms with Crippen LogP contribution >= 0.6 is 15.9 Å². The Kier molecular flexibility index (Phi) is 5.87. The molecule has 126 valence electrons. The summed E-state index contributed by atoms with van der Waals surface area (Å²) in [5.41, 5.74) is 0.722. The Hall–Kier alpha value is -1.76. The van der Waals surface area contributed by atoms with Gasteiger partial charge in [-0.15, -0.1) is 0 Å². The molecular formula is C16H20BrNO5. The lowest BCUT2D eigenvalue weighted by Gasteiger charge is -2.21. The lowest BCUT2D eigenvalue weighted by Crippen LogP contribution is -2.45. The SMILES string of the molecule is CCC(C)C(NC(=O)Cc1cc2c(cc1Br)OCCO2)C(=O)O. The molecule has 1 aliphatic rings. The average molecular weight is 386 g/mol. The van der Waals surface area contributed by atoms with Crippen LogP contribution in [0.5, 0.6) is 11.5 Å². The van der Waals surface area contributed by atoms with Crippen molar-refractivity contribution in [3.05, 3.63) is 22.2 Å². The van der Waals surface area contributed by atoms with E-state index in [0.717, 1.165) is 10.0 Å². The molecule has 1 aromatic carbocycles. The van der Waals surface area contributed by atoms with E-state index in [2.05, 4.69) is 21.2 Å². The van der Waals surface area contributed by atoms with E-state index in [9.17, 15) is 14.7 Å². The van der Waals surface area contributed by atoms with Gasteiger partial charge in [-0.05, 0) is 23.6 Å². The highest BCUT2D eigenvalue weighted by Crippen LogP contribution is 2.35. The standard InChI is InChI=1S/C16H20BrNO5/c1-3-9(2)15(16(20)21)18-14(19)7-10-6-12-13(8-11(10)17)23-5-4-22-12/h6,8-9,15H,3-5,7H2,1-2H3,(H,18,19)(H,20,21). The molecule has 0 radical (unpaired) electrons. The van der Waals surface area contributed by atoms with Crippen LogP contribution in [-0.4, -0.2) is 36.2 Å². The first-order valence-corrected chi connectivity index (χ1v) is 8.31. The predicted molar refractivity (Wildman–Crippen MR) is 87.9 cm³/mol. The van der Waals surface area contributed by atoms with Crippen molar-refractivity contribution >= 4 is 27.8 Å². The van der Waals surface area contributed by atoms with Crippen molar-refractivity contribution < 1.29 is 24.2 Å². The third-order valence-corrected chi connectivity index (χ3v) is 4.60. The second-order valence-electron chi connectivity index (χ2n) is 5.53. The van der Waals surface area contributed by atoms with Gasteiger partial charge in [0.15, 0.2) is 11.5 Å². The third-order valence-electron chi connectivity index (χ3n) is 3.86. The Balaban J connectivity index is 2.09. The maximum Gasteiger partial charge on any atom is 0.326 e. The van der Waals surface area contributed by atoms with Gasteiger partial charge in [0.1, 0.15) is 19.3 Å². The van der Waals surface area contributed by atoms with Crippen molar-refractivity contribution in [1.82, 2.24) is 5.32 Å². The van der Waals surface area contributed by atoms with E-state index in [1.165, 1.54) is 0 Å². The monoisotopic (exact) mass is 385 g/mol. The molecule has 0 aliphatic carbocycles. The molecule has 23 heavy (non-hydrogen) atoms. The van der Waals surface area contributed by atoms with Crippen LogP contribution in [0.15, 0.2) is 16.6 Å². The first-order valence-electron chi connectivity index (χ1n) is 7.52. The maximum atomic E-state index is 12.2. The van der Waals surface area contributed by atoms with Gasteiger partial charge in [0.05, 0.1) is 6.42 Å². The number of halogens is 1. The van der Waals surface area contributed by atoms with Crippen LogP contribution in [0.25, 0.3) is 0 Å². The van der Waals surface area contributed by atoms with Crippen LogP contribution in [0.4, 0.5) is 0 Å². The van der Waals surface area contributed by atoms with Crippen LogP contribution < -0.4 is 14.8 Å². The molecule has 0 saturated carbocycles. The molecular weight excluding hydrogens is 366 g/mol. The lowest BCUT2D eigenvalue weighted by atomic mass is 9.99. The van der Waals surface area contributed by atoms with Crippen LogP contribution in [0.3, 0.4) is 0 Å². The summed E-state index contributed by atoms with van der Waals surface area (Å²) in [6.45, 7) is 4.66. The van der Waals surface area contributed by atoms with Crippen molar-refractivity contribution in [1.29, 1.82) is 0 Å². The molecule has 1 aliphatic heterocycles. The average Bonchev–Trinajstić information content (AvgIpc) is 2.52. The number of carbonyl (C=O) groups excluding carboxylic acids is 1. The summed E-state index contributed by atoms with van der Waals surface area (Å²) < 4.78 is 11.7. The minimum Gasteiger partial charge on any atom is -0.486 e. The second-order valence-corrected chi connectivity index (χ2v) is 6.39. The van der Waals surface area contributed by atoms with Gasteiger partial charge in [0.2, 0.25) is 5.91 Å². The molecule has 0 saturated heterocycles. The summed E-state index contributed by atoms with van der Waals surface area (Å²) in [6, 6.07) is 2.63. The van der Waals surface area contributed by atoms with Gasteiger partial charge in [-0.1, -0.05) is 36.2 Å². The van der Waals surface area contributed by atoms with Gasteiger partial charge in [-0.2, -0.15) is 0 Å². The highest BCUT2D eigenvalue weighted by atomic mass is 79.9. The van der Waals surface area contributed by atoms with Crippen LogP contribution in [0, 0.1) is 5.92 Å². The number of ether oxygens (including phenoxy) is 2. The van der Waals surface area contributed by atoms with Crippen molar-refractivity contribution in [3.8, 4) is 11.5 Å². The van der Waals surface area contributed by atoms with Gasteiger partial charge >= 0.3 is 5.97 Å². The molecule has 2 unspecified atom stereocenters. The van der Waals surface area contributed by atoms with Gasteiger partial charge in [0, 0.05) is 4.47 Å². The second kappa shape index (κ2) is 7.68. The molecule has 1 amide bonds. The minimum absolute atomic E-state index is 0.0669. The zero-order valence-corrected chi connectivity index (χ0v) is 14.7. The highest BCUT2D eigenvalue weighted by Gasteiger charge is 2.26. The Morgan fingerprint density at radius 1 is 1.30 bits per heavy atom. The summed E-state index contributed by atoms with van der Waals surface area (Å²) in [7, 11) is 0. The molecule has 2 atom stereocenters. The van der Waals surface area contributed by atoms with Crippen molar-refractivity contribution in [2.24, 2.45) is 5.92 Å². The number of carboxylic acids is 1. The summed E-state index contributed by atoms with van der Waals surface area (Å²) in [4.78, 5) is 23.5. The Labute approximate surface area is 143 Å². The van der Waals surface area contributed by atoms with E-state index < -0.39 is 12.0 Å². The fraction of sp³-hybridized carbons (Fsp3) is 0.500. The van der Waals surface area contributed by atoms with Crippen LogP contribution in [-0.2, 0) is 16.0 Å². The number of carbonyl (C=O) groups is 2. The number of rotatable bonds is 6. The smallest absolute Gasteiger partial charge is 0.326 e.